The summed E-state index contributed by atoms with van der Waals surface area (Å²) in [6, 6.07) is 7.59. The molecule has 0 fully saturated rings. The summed E-state index contributed by atoms with van der Waals surface area (Å²) in [5.74, 6) is 0.118. The lowest BCUT2D eigenvalue weighted by atomic mass is 10.2. The molecule has 128 valence electrons. The number of benzene rings is 1. The third-order valence-corrected chi connectivity index (χ3v) is 3.76. The van der Waals surface area contributed by atoms with E-state index in [1.807, 2.05) is 45.0 Å². The van der Waals surface area contributed by atoms with E-state index in [-0.39, 0.29) is 18.2 Å². The predicted molar refractivity (Wildman–Crippen MR) is 95.4 cm³/mol. The molecule has 0 aliphatic heterocycles. The molecular formula is C17H21N3O3S. The van der Waals surface area contributed by atoms with E-state index in [1.54, 1.807) is 5.38 Å². The first-order valence-electron chi connectivity index (χ1n) is 7.67. The van der Waals surface area contributed by atoms with Gasteiger partial charge in [0.2, 0.25) is 5.91 Å². The van der Waals surface area contributed by atoms with E-state index in [0.717, 1.165) is 11.3 Å². The van der Waals surface area contributed by atoms with Gasteiger partial charge in [-0.15, -0.1) is 11.3 Å². The summed E-state index contributed by atoms with van der Waals surface area (Å²) in [5, 5.41) is 7.55. The Balaban J connectivity index is 1.84. The summed E-state index contributed by atoms with van der Waals surface area (Å²) in [6.07, 6.45) is -0.388. The predicted octanol–water partition coefficient (Wildman–Crippen LogP) is 3.84. The van der Waals surface area contributed by atoms with Crippen LogP contribution in [0.4, 0.5) is 15.6 Å². The maximum Gasteiger partial charge on any atom is 0.413 e. The fraction of sp³-hybridized carbons (Fsp3) is 0.353. The number of thiazole rings is 1. The zero-order valence-electron chi connectivity index (χ0n) is 14.0. The summed E-state index contributed by atoms with van der Waals surface area (Å²) in [5.41, 5.74) is 2.43. The van der Waals surface area contributed by atoms with Gasteiger partial charge in [-0.2, -0.15) is 0 Å². The Bertz CT molecular complexity index is 713. The molecule has 0 bridgehead atoms. The average molecular weight is 347 g/mol. The van der Waals surface area contributed by atoms with Crippen LogP contribution in [0.3, 0.4) is 0 Å². The number of carbonyl (C=O) groups is 2. The van der Waals surface area contributed by atoms with Crippen molar-refractivity contribution in [2.45, 2.75) is 27.2 Å². The van der Waals surface area contributed by atoms with Crippen LogP contribution in [-0.2, 0) is 16.0 Å². The van der Waals surface area contributed by atoms with Crippen LogP contribution >= 0.6 is 11.3 Å². The van der Waals surface area contributed by atoms with Gasteiger partial charge in [-0.05, 0) is 30.5 Å². The van der Waals surface area contributed by atoms with Crippen LogP contribution in [0.25, 0.3) is 0 Å². The van der Waals surface area contributed by atoms with Crippen LogP contribution in [0.5, 0.6) is 0 Å². The summed E-state index contributed by atoms with van der Waals surface area (Å²) in [7, 11) is 0. The van der Waals surface area contributed by atoms with Crippen molar-refractivity contribution in [3.05, 3.63) is 40.9 Å². The Morgan fingerprint density at radius 1 is 1.29 bits per heavy atom. The first-order chi connectivity index (χ1) is 11.4. The van der Waals surface area contributed by atoms with Gasteiger partial charge in [0.15, 0.2) is 5.13 Å². The maximum absolute atomic E-state index is 12.0. The van der Waals surface area contributed by atoms with Crippen molar-refractivity contribution in [1.29, 1.82) is 0 Å². The number of aryl methyl sites for hydroxylation is 1. The van der Waals surface area contributed by atoms with E-state index < -0.39 is 6.09 Å². The summed E-state index contributed by atoms with van der Waals surface area (Å²) in [4.78, 5) is 27.8. The second kappa shape index (κ2) is 8.44. The van der Waals surface area contributed by atoms with Crippen LogP contribution < -0.4 is 10.6 Å². The van der Waals surface area contributed by atoms with Gasteiger partial charge >= 0.3 is 6.09 Å². The maximum atomic E-state index is 12.0. The Labute approximate surface area is 145 Å². The van der Waals surface area contributed by atoms with Crippen molar-refractivity contribution in [2.24, 2.45) is 5.92 Å². The number of nitrogens with one attached hydrogen (secondary N) is 2. The minimum atomic E-state index is -0.534. The molecule has 6 nitrogen and oxygen atoms in total. The lowest BCUT2D eigenvalue weighted by Crippen LogP contribution is -2.17. The molecule has 1 aromatic heterocycles. The fourth-order valence-corrected chi connectivity index (χ4v) is 2.60. The van der Waals surface area contributed by atoms with Crippen molar-refractivity contribution in [2.75, 3.05) is 17.2 Å². The van der Waals surface area contributed by atoms with Gasteiger partial charge in [-0.3, -0.25) is 10.1 Å². The monoisotopic (exact) mass is 347 g/mol. The molecule has 1 aromatic carbocycles. The smallest absolute Gasteiger partial charge is 0.413 e. The highest BCUT2D eigenvalue weighted by Gasteiger charge is 2.11. The quantitative estimate of drug-likeness (QED) is 0.832. The van der Waals surface area contributed by atoms with E-state index in [1.165, 1.54) is 11.3 Å². The number of aromatic nitrogens is 1. The Morgan fingerprint density at radius 3 is 2.79 bits per heavy atom. The molecule has 0 unspecified atom stereocenters. The summed E-state index contributed by atoms with van der Waals surface area (Å²) in [6.45, 7) is 6.23. The number of ether oxygens (including phenoxy) is 1. The number of hydrogen-bond acceptors (Lipinski definition) is 5. The molecule has 0 aliphatic carbocycles. The first kappa shape index (κ1) is 17.9. The highest BCUT2D eigenvalue weighted by atomic mass is 32.1. The summed E-state index contributed by atoms with van der Waals surface area (Å²) < 4.78 is 5.03. The van der Waals surface area contributed by atoms with E-state index in [2.05, 4.69) is 15.6 Å². The summed E-state index contributed by atoms with van der Waals surface area (Å²) >= 11 is 1.26. The zero-order chi connectivity index (χ0) is 17.5. The van der Waals surface area contributed by atoms with E-state index in [4.69, 9.17) is 4.74 Å². The Kier molecular flexibility index (Phi) is 6.31. The van der Waals surface area contributed by atoms with Crippen molar-refractivity contribution in [1.82, 2.24) is 4.98 Å². The number of carbonyl (C=O) groups excluding carboxylic acids is 2. The molecule has 2 aromatic rings. The lowest BCUT2D eigenvalue weighted by Gasteiger charge is -2.06. The molecule has 24 heavy (non-hydrogen) atoms. The minimum Gasteiger partial charge on any atom is -0.449 e. The van der Waals surface area contributed by atoms with Gasteiger partial charge in [0, 0.05) is 11.1 Å². The highest BCUT2D eigenvalue weighted by Crippen LogP contribution is 2.17. The van der Waals surface area contributed by atoms with Gasteiger partial charge < -0.3 is 10.1 Å². The topological polar surface area (TPSA) is 80.3 Å². The van der Waals surface area contributed by atoms with Crippen LogP contribution in [0, 0.1) is 12.8 Å². The van der Waals surface area contributed by atoms with Crippen LogP contribution in [-0.4, -0.2) is 23.6 Å². The second-order valence-electron chi connectivity index (χ2n) is 5.86. The van der Waals surface area contributed by atoms with Crippen molar-refractivity contribution in [3.63, 3.8) is 0 Å². The van der Waals surface area contributed by atoms with Crippen molar-refractivity contribution >= 4 is 34.2 Å². The van der Waals surface area contributed by atoms with Crippen LogP contribution in [0.1, 0.15) is 25.1 Å². The lowest BCUT2D eigenvalue weighted by molar-refractivity contribution is -0.115. The van der Waals surface area contributed by atoms with E-state index in [9.17, 15) is 9.59 Å². The molecular weight excluding hydrogens is 326 g/mol. The third kappa shape index (κ3) is 6.00. The third-order valence-electron chi connectivity index (χ3n) is 2.95. The van der Waals surface area contributed by atoms with Gasteiger partial charge in [-0.25, -0.2) is 9.78 Å². The average Bonchev–Trinajstić information content (AvgIpc) is 2.92. The number of anilines is 2. The first-order valence-corrected chi connectivity index (χ1v) is 8.55. The van der Waals surface area contributed by atoms with Gasteiger partial charge in [-0.1, -0.05) is 26.0 Å². The number of hydrogen-bond donors (Lipinski definition) is 2. The highest BCUT2D eigenvalue weighted by molar-refractivity contribution is 7.13. The van der Waals surface area contributed by atoms with E-state index in [0.29, 0.717) is 17.4 Å². The molecule has 0 aliphatic rings. The molecule has 7 heteroatoms. The molecule has 2 N–H and O–H groups in total. The molecule has 0 atom stereocenters. The van der Waals surface area contributed by atoms with E-state index >= 15 is 0 Å². The normalized spacial score (nSPS) is 10.5. The second-order valence-corrected chi connectivity index (χ2v) is 6.71. The molecule has 0 saturated heterocycles. The molecule has 0 spiro atoms. The Hall–Kier alpha value is -2.41. The minimum absolute atomic E-state index is 0.146. The van der Waals surface area contributed by atoms with Crippen molar-refractivity contribution < 1.29 is 14.3 Å². The van der Waals surface area contributed by atoms with Crippen LogP contribution in [0.15, 0.2) is 29.6 Å². The largest absolute Gasteiger partial charge is 0.449 e. The SMILES string of the molecule is Cc1cccc(NC(=O)Cc2csc(NC(=O)OCC(C)C)n2)c1. The molecule has 0 radical (unpaired) electrons. The molecule has 2 amide bonds. The Morgan fingerprint density at radius 2 is 2.08 bits per heavy atom. The van der Waals surface area contributed by atoms with Crippen molar-refractivity contribution in [3.8, 4) is 0 Å². The molecule has 2 rings (SSSR count). The zero-order valence-corrected chi connectivity index (χ0v) is 14.8. The van der Waals surface area contributed by atoms with Gasteiger partial charge in [0.05, 0.1) is 18.7 Å². The molecule has 1 heterocycles. The molecule has 0 saturated carbocycles. The number of rotatable bonds is 6. The number of nitrogens with zero attached hydrogens (tertiary/aromatic N) is 1. The number of amides is 2. The standard InChI is InChI=1S/C17H21N3O3S/c1-11(2)9-23-17(22)20-16-19-14(10-24-16)8-15(21)18-13-6-4-5-12(3)7-13/h4-7,10-11H,8-9H2,1-3H3,(H,18,21)(H,19,20,22). The van der Waals surface area contributed by atoms with Gasteiger partial charge in [0.25, 0.3) is 0 Å². The van der Waals surface area contributed by atoms with Crippen LogP contribution in [0.2, 0.25) is 0 Å². The van der Waals surface area contributed by atoms with Gasteiger partial charge in [0.1, 0.15) is 0 Å². The fourth-order valence-electron chi connectivity index (χ4n) is 1.90.